The van der Waals surface area contributed by atoms with Crippen molar-refractivity contribution in [3.05, 3.63) is 0 Å². The molecule has 3 amide bonds. The molecule has 3 heterocycles. The van der Waals surface area contributed by atoms with E-state index in [4.69, 9.17) is 5.26 Å². The Morgan fingerprint density at radius 1 is 1.40 bits per heavy atom. The largest absolute Gasteiger partial charge is 0.350 e. The summed E-state index contributed by atoms with van der Waals surface area (Å²) < 4.78 is 0. The Hall–Kier alpha value is -1.42. The van der Waals surface area contributed by atoms with Gasteiger partial charge in [-0.1, -0.05) is 4.99 Å². The van der Waals surface area contributed by atoms with E-state index in [0.29, 0.717) is 19.4 Å². The highest BCUT2D eigenvalue weighted by Gasteiger charge is 2.48. The molecule has 2 unspecified atom stereocenters. The molecule has 0 saturated carbocycles. The number of amides is 3. The van der Waals surface area contributed by atoms with Gasteiger partial charge >= 0.3 is 6.03 Å². The fourth-order valence-electron chi connectivity index (χ4n) is 3.11. The van der Waals surface area contributed by atoms with Crippen LogP contribution in [0.2, 0.25) is 0 Å². The lowest BCUT2D eigenvalue weighted by atomic mass is 10.00. The van der Waals surface area contributed by atoms with Crippen LogP contribution in [-0.4, -0.2) is 64.9 Å². The van der Waals surface area contributed by atoms with Gasteiger partial charge in [0, 0.05) is 19.1 Å². The highest BCUT2D eigenvalue weighted by molar-refractivity contribution is 5.88. The Balaban J connectivity index is 1.63. The maximum absolute atomic E-state index is 12.3. The minimum atomic E-state index is -0.480. The van der Waals surface area contributed by atoms with E-state index >= 15 is 0 Å². The van der Waals surface area contributed by atoms with E-state index in [1.54, 1.807) is 0 Å². The molecule has 0 radical (unpaired) electrons. The monoisotopic (exact) mass is 286 g/mol. The van der Waals surface area contributed by atoms with Crippen LogP contribution in [0.1, 0.15) is 19.3 Å². The van der Waals surface area contributed by atoms with Crippen LogP contribution in [0.4, 0.5) is 4.79 Å². The number of urea groups is 1. The summed E-state index contributed by atoms with van der Waals surface area (Å²) in [7, 11) is 0. The lowest BCUT2D eigenvalue weighted by molar-refractivity contribution is -0.556. The Bertz CT molecular complexity index is 400. The van der Waals surface area contributed by atoms with Gasteiger partial charge in [0.15, 0.2) is 0 Å². The number of hydrogen-bond acceptors (Lipinski definition) is 6. The highest BCUT2D eigenvalue weighted by Crippen LogP contribution is 2.30. The molecule has 9 nitrogen and oxygen atoms in total. The Labute approximate surface area is 115 Å². The molecule has 0 aromatic heterocycles. The third-order valence-corrected chi connectivity index (χ3v) is 4.15. The molecular formula is C11H18N4O5. The number of piperidine rings is 1. The second-order valence-electron chi connectivity index (χ2n) is 5.36. The van der Waals surface area contributed by atoms with E-state index in [0.717, 1.165) is 24.6 Å². The predicted molar refractivity (Wildman–Crippen MR) is 65.0 cm³/mol. The molecule has 0 aromatic carbocycles. The van der Waals surface area contributed by atoms with E-state index in [1.807, 2.05) is 0 Å². The van der Waals surface area contributed by atoms with Crippen molar-refractivity contribution in [1.29, 1.82) is 0 Å². The number of nitrogens with zero attached hydrogens (tertiary/aromatic N) is 2. The first-order valence-corrected chi connectivity index (χ1v) is 6.80. The maximum Gasteiger partial charge on any atom is 0.347 e. The average Bonchev–Trinajstić information content (AvgIpc) is 3.03. The summed E-state index contributed by atoms with van der Waals surface area (Å²) in [6.45, 7) is 2.07. The Morgan fingerprint density at radius 2 is 2.25 bits per heavy atom. The van der Waals surface area contributed by atoms with Gasteiger partial charge in [0.25, 0.3) is 0 Å². The maximum atomic E-state index is 12.3. The van der Waals surface area contributed by atoms with Crippen molar-refractivity contribution in [3.8, 4) is 0 Å². The van der Waals surface area contributed by atoms with Crippen molar-refractivity contribution in [2.45, 2.75) is 37.4 Å². The fourth-order valence-corrected chi connectivity index (χ4v) is 3.11. The quantitative estimate of drug-likeness (QED) is 0.456. The zero-order valence-electron chi connectivity index (χ0n) is 10.9. The topological polar surface area (TPSA) is 103 Å². The first-order valence-electron chi connectivity index (χ1n) is 6.80. The molecule has 9 heteroatoms. The van der Waals surface area contributed by atoms with Crippen molar-refractivity contribution in [3.63, 3.8) is 0 Å². The number of rotatable bonds is 4. The number of hydrogen-bond donors (Lipinski definition) is 3. The van der Waals surface area contributed by atoms with Crippen LogP contribution in [0.5, 0.6) is 0 Å². The minimum absolute atomic E-state index is 0.128. The van der Waals surface area contributed by atoms with Gasteiger partial charge in [-0.05, 0) is 30.8 Å². The van der Waals surface area contributed by atoms with Gasteiger partial charge in [-0.25, -0.2) is 10.1 Å². The first kappa shape index (κ1) is 13.6. The van der Waals surface area contributed by atoms with Gasteiger partial charge < -0.3 is 15.5 Å². The summed E-state index contributed by atoms with van der Waals surface area (Å²) in [4.78, 5) is 30.3. The molecule has 0 aliphatic carbocycles. The smallest absolute Gasteiger partial charge is 0.347 e. The molecule has 2 bridgehead atoms. The third kappa shape index (κ3) is 2.33. The van der Waals surface area contributed by atoms with Gasteiger partial charge in [-0.3, -0.25) is 4.79 Å². The molecule has 3 saturated heterocycles. The summed E-state index contributed by atoms with van der Waals surface area (Å²) in [5.74, 6) is -0.128. The molecule has 3 N–H and O–H groups in total. The molecule has 3 rings (SSSR count). The van der Waals surface area contributed by atoms with Crippen LogP contribution in [0, 0.1) is 0 Å². The molecule has 3 atom stereocenters. The number of hydroxylamine groups is 2. The summed E-state index contributed by atoms with van der Waals surface area (Å²) >= 11 is 0. The number of carbonyl (C=O) groups excluding carboxylic acids is 2. The minimum Gasteiger partial charge on any atom is -0.350 e. The Kier molecular flexibility index (Phi) is 3.74. The van der Waals surface area contributed by atoms with E-state index < -0.39 is 12.1 Å². The molecule has 20 heavy (non-hydrogen) atoms. The van der Waals surface area contributed by atoms with Crippen LogP contribution in [0.3, 0.4) is 0 Å². The molecule has 3 aliphatic heterocycles. The van der Waals surface area contributed by atoms with Crippen LogP contribution in [-0.2, 0) is 14.8 Å². The zero-order chi connectivity index (χ0) is 14.1. The molecule has 3 fully saturated rings. The SMILES string of the molecule is O=C(NC1CCNC1)[C@@H]1CCC2CN1C(=O)N2OOO. The van der Waals surface area contributed by atoms with Gasteiger partial charge in [0.1, 0.15) is 6.04 Å². The van der Waals surface area contributed by atoms with Gasteiger partial charge in [0.05, 0.1) is 6.04 Å². The summed E-state index contributed by atoms with van der Waals surface area (Å²) in [6, 6.07) is -0.990. The fraction of sp³-hybridized carbons (Fsp3) is 0.818. The lowest BCUT2D eigenvalue weighted by Gasteiger charge is -2.30. The molecule has 0 aromatic rings. The lowest BCUT2D eigenvalue weighted by Crippen LogP contribution is -2.52. The van der Waals surface area contributed by atoms with Gasteiger partial charge in [-0.15, -0.1) is 0 Å². The standard InChI is InChI=1S/C11H18N4O5/c16-10(13-7-3-4-12-5-7)9-2-1-8-6-14(9)11(17)15(8)19-20-18/h7-9,12,18H,1-6H2,(H,13,16)/t7?,8?,9-/m0/s1. The third-order valence-electron chi connectivity index (χ3n) is 4.15. The molecule has 112 valence electrons. The van der Waals surface area contributed by atoms with Gasteiger partial charge in [0.2, 0.25) is 5.91 Å². The van der Waals surface area contributed by atoms with Crippen molar-refractivity contribution < 1.29 is 24.9 Å². The predicted octanol–water partition coefficient (Wildman–Crippen LogP) is -0.931. The van der Waals surface area contributed by atoms with Crippen molar-refractivity contribution >= 4 is 11.9 Å². The average molecular weight is 286 g/mol. The van der Waals surface area contributed by atoms with Crippen molar-refractivity contribution in [1.82, 2.24) is 20.6 Å². The van der Waals surface area contributed by atoms with Crippen LogP contribution >= 0.6 is 0 Å². The zero-order valence-corrected chi connectivity index (χ0v) is 10.9. The molecule has 3 aliphatic rings. The van der Waals surface area contributed by atoms with Crippen LogP contribution in [0.25, 0.3) is 0 Å². The molecule has 0 spiro atoms. The first-order chi connectivity index (χ1) is 9.70. The molecular weight excluding hydrogens is 268 g/mol. The second-order valence-corrected chi connectivity index (χ2v) is 5.36. The van der Waals surface area contributed by atoms with Crippen molar-refractivity contribution in [2.24, 2.45) is 0 Å². The van der Waals surface area contributed by atoms with E-state index in [-0.39, 0.29) is 18.0 Å². The van der Waals surface area contributed by atoms with Gasteiger partial charge in [-0.2, -0.15) is 5.06 Å². The number of fused-ring (bicyclic) bond motifs is 2. The van der Waals surface area contributed by atoms with Crippen LogP contribution < -0.4 is 10.6 Å². The van der Waals surface area contributed by atoms with E-state index in [2.05, 4.69) is 20.7 Å². The van der Waals surface area contributed by atoms with Crippen LogP contribution in [0.15, 0.2) is 0 Å². The van der Waals surface area contributed by atoms with Crippen molar-refractivity contribution in [2.75, 3.05) is 19.6 Å². The highest BCUT2D eigenvalue weighted by atomic mass is 17.5. The number of carbonyl (C=O) groups is 2. The summed E-state index contributed by atoms with van der Waals surface area (Å²) in [5.41, 5.74) is 0. The Morgan fingerprint density at radius 3 is 2.95 bits per heavy atom. The number of nitrogens with one attached hydrogen (secondary N) is 2. The normalized spacial score (nSPS) is 32.9. The summed E-state index contributed by atoms with van der Waals surface area (Å²) in [6.07, 6.45) is 2.11. The second kappa shape index (κ2) is 5.52. The van der Waals surface area contributed by atoms with E-state index in [9.17, 15) is 9.59 Å². The summed E-state index contributed by atoms with van der Waals surface area (Å²) in [5, 5.41) is 19.0. The van der Waals surface area contributed by atoms with E-state index in [1.165, 1.54) is 4.90 Å².